The molecule has 1 fully saturated rings. The molecule has 0 aromatic heterocycles. The van der Waals surface area contributed by atoms with E-state index in [0.29, 0.717) is 13.1 Å². The van der Waals surface area contributed by atoms with Gasteiger partial charge >= 0.3 is 0 Å². The van der Waals surface area contributed by atoms with E-state index in [0.717, 1.165) is 36.2 Å². The fraction of sp³-hybridized carbons (Fsp3) is 0.278. The van der Waals surface area contributed by atoms with Crippen LogP contribution in [-0.4, -0.2) is 41.9 Å². The summed E-state index contributed by atoms with van der Waals surface area (Å²) in [6.45, 7) is 3.32. The molecule has 0 spiro atoms. The summed E-state index contributed by atoms with van der Waals surface area (Å²) in [4.78, 5) is 16.3. The van der Waals surface area contributed by atoms with Crippen LogP contribution in [0.3, 0.4) is 0 Å². The van der Waals surface area contributed by atoms with Gasteiger partial charge in [0, 0.05) is 43.3 Å². The zero-order valence-electron chi connectivity index (χ0n) is 13.0. The first kappa shape index (κ1) is 17.0. The largest absolute Gasteiger partial charge is 0.336 e. The topological polar surface area (TPSA) is 23.6 Å². The second-order valence-electron chi connectivity index (χ2n) is 5.82. The molecule has 2 aromatic carbocycles. The van der Waals surface area contributed by atoms with Crippen molar-refractivity contribution in [1.29, 1.82) is 0 Å². The minimum absolute atomic E-state index is 0.0724. The summed E-state index contributed by atoms with van der Waals surface area (Å²) in [6.07, 6.45) is 0. The van der Waals surface area contributed by atoms with E-state index in [4.69, 9.17) is 0 Å². The highest BCUT2D eigenvalue weighted by Crippen LogP contribution is 2.17. The highest BCUT2D eigenvalue weighted by atomic mass is 79.9. The number of carbonyl (C=O) groups excluding carboxylic acids is 1. The van der Waals surface area contributed by atoms with Crippen molar-refractivity contribution in [2.45, 2.75) is 6.54 Å². The van der Waals surface area contributed by atoms with Gasteiger partial charge in [0.05, 0.1) is 5.56 Å². The lowest BCUT2D eigenvalue weighted by atomic mass is 10.1. The van der Waals surface area contributed by atoms with Crippen molar-refractivity contribution in [3.63, 3.8) is 0 Å². The van der Waals surface area contributed by atoms with Crippen molar-refractivity contribution < 1.29 is 13.6 Å². The molecule has 0 bridgehead atoms. The van der Waals surface area contributed by atoms with Crippen molar-refractivity contribution in [1.82, 2.24) is 9.80 Å². The summed E-state index contributed by atoms with van der Waals surface area (Å²) >= 11 is 3.46. The van der Waals surface area contributed by atoms with E-state index in [9.17, 15) is 13.6 Å². The smallest absolute Gasteiger partial charge is 0.256 e. The lowest BCUT2D eigenvalue weighted by Crippen LogP contribution is -2.48. The molecule has 1 saturated heterocycles. The summed E-state index contributed by atoms with van der Waals surface area (Å²) in [5, 5.41) is 0. The van der Waals surface area contributed by atoms with Crippen molar-refractivity contribution in [3.05, 3.63) is 69.7 Å². The predicted molar refractivity (Wildman–Crippen MR) is 91.7 cm³/mol. The number of halogens is 3. The van der Waals surface area contributed by atoms with Crippen LogP contribution in [0.2, 0.25) is 0 Å². The first-order chi connectivity index (χ1) is 11.5. The summed E-state index contributed by atoms with van der Waals surface area (Å²) in [6, 6.07) is 11.2. The van der Waals surface area contributed by atoms with Gasteiger partial charge in [-0.05, 0) is 29.8 Å². The van der Waals surface area contributed by atoms with Crippen LogP contribution in [-0.2, 0) is 6.54 Å². The fourth-order valence-corrected chi connectivity index (χ4v) is 3.28. The molecule has 1 aliphatic rings. The Bertz CT molecular complexity index is 746. The van der Waals surface area contributed by atoms with Gasteiger partial charge in [0.2, 0.25) is 0 Å². The second-order valence-corrected chi connectivity index (χ2v) is 6.74. The van der Waals surface area contributed by atoms with Crippen molar-refractivity contribution in [2.75, 3.05) is 26.2 Å². The molecule has 126 valence electrons. The SMILES string of the molecule is O=C(c1ccc(F)cc1F)N1CCN(Cc2cccc(Br)c2)CC1. The lowest BCUT2D eigenvalue weighted by Gasteiger charge is -2.34. The van der Waals surface area contributed by atoms with Crippen molar-refractivity contribution in [2.24, 2.45) is 0 Å². The first-order valence-electron chi connectivity index (χ1n) is 7.74. The third kappa shape index (κ3) is 3.99. The van der Waals surface area contributed by atoms with Gasteiger partial charge in [-0.3, -0.25) is 9.69 Å². The van der Waals surface area contributed by atoms with Gasteiger partial charge in [0.25, 0.3) is 5.91 Å². The Morgan fingerprint density at radius 2 is 1.79 bits per heavy atom. The van der Waals surface area contributed by atoms with Crippen LogP contribution in [0.4, 0.5) is 8.78 Å². The molecule has 1 heterocycles. The first-order valence-corrected chi connectivity index (χ1v) is 8.53. The molecule has 3 rings (SSSR count). The Labute approximate surface area is 148 Å². The van der Waals surface area contributed by atoms with E-state index in [-0.39, 0.29) is 11.5 Å². The highest BCUT2D eigenvalue weighted by Gasteiger charge is 2.24. The number of hydrogen-bond acceptors (Lipinski definition) is 2. The van der Waals surface area contributed by atoms with Crippen LogP contribution in [0.25, 0.3) is 0 Å². The minimum Gasteiger partial charge on any atom is -0.336 e. The van der Waals surface area contributed by atoms with Crippen LogP contribution in [0, 0.1) is 11.6 Å². The Balaban J connectivity index is 1.59. The third-order valence-electron chi connectivity index (χ3n) is 4.12. The van der Waals surface area contributed by atoms with Crippen LogP contribution < -0.4 is 0 Å². The molecule has 2 aromatic rings. The van der Waals surface area contributed by atoms with Gasteiger partial charge in [0.15, 0.2) is 0 Å². The maximum atomic E-state index is 13.8. The molecule has 0 atom stereocenters. The number of nitrogens with zero attached hydrogens (tertiary/aromatic N) is 2. The standard InChI is InChI=1S/C18H17BrF2N2O/c19-14-3-1-2-13(10-14)12-22-6-8-23(9-7-22)18(24)16-5-4-15(20)11-17(16)21/h1-5,10-11H,6-9,12H2. The number of rotatable bonds is 3. The van der Waals surface area contributed by atoms with E-state index < -0.39 is 11.6 Å². The van der Waals surface area contributed by atoms with Crippen LogP contribution >= 0.6 is 15.9 Å². The van der Waals surface area contributed by atoms with Crippen LogP contribution in [0.15, 0.2) is 46.9 Å². The monoisotopic (exact) mass is 394 g/mol. The molecule has 0 aliphatic carbocycles. The Morgan fingerprint density at radius 1 is 1.04 bits per heavy atom. The maximum absolute atomic E-state index is 13.8. The zero-order chi connectivity index (χ0) is 17.1. The molecule has 3 nitrogen and oxygen atoms in total. The molecule has 6 heteroatoms. The fourth-order valence-electron chi connectivity index (χ4n) is 2.84. The molecule has 0 radical (unpaired) electrons. The molecule has 0 saturated carbocycles. The lowest BCUT2D eigenvalue weighted by molar-refractivity contribution is 0.0624. The van der Waals surface area contributed by atoms with Crippen molar-refractivity contribution in [3.8, 4) is 0 Å². The van der Waals surface area contributed by atoms with E-state index in [1.807, 2.05) is 12.1 Å². The van der Waals surface area contributed by atoms with E-state index in [1.165, 1.54) is 11.6 Å². The molecule has 1 aliphatic heterocycles. The number of benzene rings is 2. The second kappa shape index (κ2) is 7.40. The van der Waals surface area contributed by atoms with E-state index in [1.54, 1.807) is 4.90 Å². The molecule has 24 heavy (non-hydrogen) atoms. The van der Waals surface area contributed by atoms with Gasteiger partial charge < -0.3 is 4.90 Å². The third-order valence-corrected chi connectivity index (χ3v) is 4.61. The number of hydrogen-bond donors (Lipinski definition) is 0. The minimum atomic E-state index is -0.809. The molecular weight excluding hydrogens is 378 g/mol. The molecule has 1 amide bonds. The van der Waals surface area contributed by atoms with Crippen LogP contribution in [0.5, 0.6) is 0 Å². The summed E-state index contributed by atoms with van der Waals surface area (Å²) < 4.78 is 27.8. The summed E-state index contributed by atoms with van der Waals surface area (Å²) in [5.41, 5.74) is 1.13. The van der Waals surface area contributed by atoms with Gasteiger partial charge in [-0.15, -0.1) is 0 Å². The molecule has 0 unspecified atom stereocenters. The summed E-state index contributed by atoms with van der Waals surface area (Å²) in [7, 11) is 0. The Hall–Kier alpha value is -1.79. The number of amides is 1. The van der Waals surface area contributed by atoms with Gasteiger partial charge in [0.1, 0.15) is 11.6 Å². The molecular formula is C18H17BrF2N2O. The number of carbonyl (C=O) groups is 1. The summed E-state index contributed by atoms with van der Waals surface area (Å²) in [5.74, 6) is -1.87. The zero-order valence-corrected chi connectivity index (χ0v) is 14.6. The van der Waals surface area contributed by atoms with Gasteiger partial charge in [-0.25, -0.2) is 8.78 Å². The average molecular weight is 395 g/mol. The van der Waals surface area contributed by atoms with Gasteiger partial charge in [-0.1, -0.05) is 28.1 Å². The van der Waals surface area contributed by atoms with Crippen molar-refractivity contribution >= 4 is 21.8 Å². The normalized spacial score (nSPS) is 15.5. The maximum Gasteiger partial charge on any atom is 0.256 e. The van der Waals surface area contributed by atoms with E-state index in [2.05, 4.69) is 33.0 Å². The highest BCUT2D eigenvalue weighted by molar-refractivity contribution is 9.10. The Morgan fingerprint density at radius 3 is 2.46 bits per heavy atom. The average Bonchev–Trinajstić information content (AvgIpc) is 2.55. The molecule has 0 N–H and O–H groups in total. The van der Waals surface area contributed by atoms with Crippen LogP contribution in [0.1, 0.15) is 15.9 Å². The quantitative estimate of drug-likeness (QED) is 0.792. The Kier molecular flexibility index (Phi) is 5.26. The van der Waals surface area contributed by atoms with Gasteiger partial charge in [-0.2, -0.15) is 0 Å². The number of piperazine rings is 1. The van der Waals surface area contributed by atoms with E-state index >= 15 is 0 Å². The predicted octanol–water partition coefficient (Wildman–Crippen LogP) is 3.69.